The van der Waals surface area contributed by atoms with E-state index in [-0.39, 0.29) is 11.6 Å². The molecule has 0 aliphatic carbocycles. The zero-order valence-corrected chi connectivity index (χ0v) is 17.9. The van der Waals surface area contributed by atoms with Crippen LogP contribution in [0, 0.1) is 17.6 Å². The zero-order chi connectivity index (χ0) is 21.9. The number of nitrogens with zero attached hydrogens (tertiary/aromatic N) is 4. The van der Waals surface area contributed by atoms with Crippen molar-refractivity contribution in [1.29, 1.82) is 0 Å². The number of hydrogen-bond acceptors (Lipinski definition) is 6. The van der Waals surface area contributed by atoms with E-state index in [0.29, 0.717) is 45.1 Å². The predicted octanol–water partition coefficient (Wildman–Crippen LogP) is 1.38. The van der Waals surface area contributed by atoms with Crippen molar-refractivity contribution in [2.75, 3.05) is 19.7 Å². The number of fused-ring (bicyclic) bond motifs is 1. The van der Waals surface area contributed by atoms with Crippen LogP contribution in [-0.2, 0) is 28.0 Å². The molecule has 2 N–H and O–H groups in total. The Morgan fingerprint density at radius 3 is 2.68 bits per heavy atom. The van der Waals surface area contributed by atoms with E-state index in [1.807, 2.05) is 6.92 Å². The van der Waals surface area contributed by atoms with Crippen molar-refractivity contribution in [3.63, 3.8) is 0 Å². The van der Waals surface area contributed by atoms with E-state index in [0.717, 1.165) is 33.5 Å². The van der Waals surface area contributed by atoms with Gasteiger partial charge in [0, 0.05) is 55.6 Å². The summed E-state index contributed by atoms with van der Waals surface area (Å²) in [5.74, 6) is -0.694. The van der Waals surface area contributed by atoms with Crippen LogP contribution >= 0.6 is 0 Å². The highest BCUT2D eigenvalue weighted by Gasteiger charge is 2.39. The van der Waals surface area contributed by atoms with Gasteiger partial charge in [-0.3, -0.25) is 4.90 Å². The molecule has 4 heterocycles. The van der Waals surface area contributed by atoms with Crippen LogP contribution < -0.4 is 5.73 Å². The van der Waals surface area contributed by atoms with Crippen LogP contribution in [-0.4, -0.2) is 58.6 Å². The molecular weight excluding hydrogens is 428 g/mol. The molecule has 3 aliphatic heterocycles. The molecule has 0 bridgehead atoms. The first-order valence-corrected chi connectivity index (χ1v) is 11.8. The summed E-state index contributed by atoms with van der Waals surface area (Å²) < 4.78 is 61.3. The second-order valence-electron chi connectivity index (χ2n) is 8.78. The number of benzene rings is 1. The van der Waals surface area contributed by atoms with Crippen molar-refractivity contribution in [3.05, 3.63) is 52.9 Å². The van der Waals surface area contributed by atoms with E-state index in [4.69, 9.17) is 10.5 Å². The Labute approximate surface area is 179 Å². The molecule has 3 aliphatic rings. The Morgan fingerprint density at radius 1 is 1.23 bits per heavy atom. The Balaban J connectivity index is 1.24. The molecule has 168 valence electrons. The number of aromatic nitrogens is 2. The van der Waals surface area contributed by atoms with Gasteiger partial charge in [0.05, 0.1) is 12.3 Å². The van der Waals surface area contributed by atoms with Gasteiger partial charge in [-0.2, -0.15) is 21.9 Å². The molecule has 0 amide bonds. The fourth-order valence-electron chi connectivity index (χ4n) is 4.63. The summed E-state index contributed by atoms with van der Waals surface area (Å²) in [5.41, 5.74) is 8.00. The number of rotatable bonds is 4. The second-order valence-corrected chi connectivity index (χ2v) is 10.6. The molecule has 2 saturated heterocycles. The van der Waals surface area contributed by atoms with Crippen LogP contribution in [0.5, 0.6) is 0 Å². The summed E-state index contributed by atoms with van der Waals surface area (Å²) in [7, 11) is -3.60. The molecule has 3 atom stereocenters. The van der Waals surface area contributed by atoms with Gasteiger partial charge in [-0.05, 0) is 30.5 Å². The van der Waals surface area contributed by atoms with Crippen LogP contribution in [0.3, 0.4) is 0 Å². The van der Waals surface area contributed by atoms with Gasteiger partial charge >= 0.3 is 10.2 Å². The van der Waals surface area contributed by atoms with E-state index in [9.17, 15) is 17.2 Å². The number of ether oxygens (including phenoxy) is 1. The number of nitrogens with two attached hydrogens (primary N) is 1. The van der Waals surface area contributed by atoms with Gasteiger partial charge < -0.3 is 10.5 Å². The van der Waals surface area contributed by atoms with Crippen molar-refractivity contribution in [2.45, 2.75) is 44.6 Å². The lowest BCUT2D eigenvalue weighted by Crippen LogP contribution is -2.50. The fourth-order valence-corrected chi connectivity index (χ4v) is 6.21. The number of hydrogen-bond donors (Lipinski definition) is 1. The predicted molar refractivity (Wildman–Crippen MR) is 108 cm³/mol. The molecule has 8 nitrogen and oxygen atoms in total. The van der Waals surface area contributed by atoms with Gasteiger partial charge in [-0.25, -0.2) is 8.78 Å². The van der Waals surface area contributed by atoms with Gasteiger partial charge in [0.1, 0.15) is 17.7 Å². The Morgan fingerprint density at radius 2 is 2.00 bits per heavy atom. The quantitative estimate of drug-likeness (QED) is 0.752. The maximum absolute atomic E-state index is 14.1. The summed E-state index contributed by atoms with van der Waals surface area (Å²) in [6.45, 7) is 4.40. The molecule has 0 radical (unpaired) electrons. The van der Waals surface area contributed by atoms with E-state index in [1.165, 1.54) is 4.31 Å². The largest absolute Gasteiger partial charge is 0.370 e. The van der Waals surface area contributed by atoms with E-state index < -0.39 is 34.0 Å². The lowest BCUT2D eigenvalue weighted by atomic mass is 9.93. The molecule has 0 unspecified atom stereocenters. The molecule has 31 heavy (non-hydrogen) atoms. The molecule has 0 saturated carbocycles. The minimum Gasteiger partial charge on any atom is -0.370 e. The fraction of sp³-hybridized carbons (Fsp3) is 0.550. The van der Waals surface area contributed by atoms with E-state index in [2.05, 4.69) is 10.00 Å². The van der Waals surface area contributed by atoms with Crippen molar-refractivity contribution in [2.24, 2.45) is 11.7 Å². The van der Waals surface area contributed by atoms with Crippen LogP contribution in [0.1, 0.15) is 36.3 Å². The average molecular weight is 454 g/mol. The Kier molecular flexibility index (Phi) is 5.13. The standard InChI is InChI=1S/C20H25F2N5O3S/c1-12-6-26(7-12)31(28,29)27-9-13-8-25(10-19(13)24-27)15-5-18(23)20(30-11-15)16-4-14(21)2-3-17(16)22/h2-4,9,12,15,18,20H,5-8,10-11,23H2,1H3/t15-,18+,20-/m1/s1. The molecule has 0 spiro atoms. The van der Waals surface area contributed by atoms with Crippen LogP contribution in [0.2, 0.25) is 0 Å². The van der Waals surface area contributed by atoms with Gasteiger partial charge in [0.15, 0.2) is 0 Å². The third-order valence-electron chi connectivity index (χ3n) is 6.36. The van der Waals surface area contributed by atoms with E-state index >= 15 is 0 Å². The average Bonchev–Trinajstić information content (AvgIpc) is 3.27. The van der Waals surface area contributed by atoms with Crippen molar-refractivity contribution >= 4 is 10.2 Å². The smallest absolute Gasteiger partial charge is 0.322 e. The minimum atomic E-state index is -3.60. The highest BCUT2D eigenvalue weighted by atomic mass is 32.2. The van der Waals surface area contributed by atoms with Crippen molar-refractivity contribution in [1.82, 2.24) is 18.4 Å². The van der Waals surface area contributed by atoms with E-state index in [1.54, 1.807) is 6.20 Å². The molecule has 5 rings (SSSR count). The lowest BCUT2D eigenvalue weighted by Gasteiger charge is -2.38. The second kappa shape index (κ2) is 7.59. The highest BCUT2D eigenvalue weighted by Crippen LogP contribution is 2.34. The molecule has 1 aromatic carbocycles. The van der Waals surface area contributed by atoms with Gasteiger partial charge in [-0.15, -0.1) is 0 Å². The Hall–Kier alpha value is -1.92. The summed E-state index contributed by atoms with van der Waals surface area (Å²) in [5, 5.41) is 4.32. The summed E-state index contributed by atoms with van der Waals surface area (Å²) in [6, 6.07) is 2.78. The van der Waals surface area contributed by atoms with Gasteiger partial charge in [0.2, 0.25) is 0 Å². The van der Waals surface area contributed by atoms with Crippen LogP contribution in [0.25, 0.3) is 0 Å². The maximum Gasteiger partial charge on any atom is 0.322 e. The van der Waals surface area contributed by atoms with Gasteiger partial charge in [-0.1, -0.05) is 6.92 Å². The molecule has 11 heteroatoms. The van der Waals surface area contributed by atoms with Gasteiger partial charge in [0.25, 0.3) is 0 Å². The molecule has 1 aromatic heterocycles. The summed E-state index contributed by atoms with van der Waals surface area (Å²) in [6.07, 6.45) is 1.43. The Bertz CT molecular complexity index is 1080. The number of halogens is 2. The maximum atomic E-state index is 14.1. The normalized spacial score (nSPS) is 27.9. The lowest BCUT2D eigenvalue weighted by molar-refractivity contribution is -0.0533. The highest BCUT2D eigenvalue weighted by molar-refractivity contribution is 7.87. The first kappa shape index (κ1) is 21.0. The third-order valence-corrected chi connectivity index (χ3v) is 7.97. The van der Waals surface area contributed by atoms with Crippen molar-refractivity contribution < 1.29 is 21.9 Å². The first-order valence-electron chi connectivity index (χ1n) is 10.4. The zero-order valence-electron chi connectivity index (χ0n) is 17.1. The van der Waals surface area contributed by atoms with Crippen molar-refractivity contribution in [3.8, 4) is 0 Å². The minimum absolute atomic E-state index is 0.0154. The summed E-state index contributed by atoms with van der Waals surface area (Å²) in [4.78, 5) is 2.14. The first-order chi connectivity index (χ1) is 14.7. The summed E-state index contributed by atoms with van der Waals surface area (Å²) >= 11 is 0. The topological polar surface area (TPSA) is 93.7 Å². The molecule has 2 aromatic rings. The molecule has 2 fully saturated rings. The monoisotopic (exact) mass is 453 g/mol. The van der Waals surface area contributed by atoms with Crippen LogP contribution in [0.4, 0.5) is 8.78 Å². The molecular formula is C20H25F2N5O3S. The SMILES string of the molecule is CC1CN(S(=O)(=O)n2cc3c(n2)CN([C@H]2CO[C@H](c4cc(F)ccc4F)[C@@H](N)C2)C3)C1. The van der Waals surface area contributed by atoms with Crippen LogP contribution in [0.15, 0.2) is 24.4 Å². The third kappa shape index (κ3) is 3.68.